The quantitative estimate of drug-likeness (QED) is 0.502. The van der Waals surface area contributed by atoms with Gasteiger partial charge in [-0.15, -0.1) is 0 Å². The standard InChI is InChI=1S/C9H17NO5/c1-3-14-9(13)10(2)7-8(12)15-6-4-5-11/h11H,3-7H2,1-2H3. The Kier molecular flexibility index (Phi) is 7.35. The summed E-state index contributed by atoms with van der Waals surface area (Å²) in [6.07, 6.45) is -0.161. The predicted molar refractivity (Wildman–Crippen MR) is 52.3 cm³/mol. The molecular weight excluding hydrogens is 202 g/mol. The van der Waals surface area contributed by atoms with Crippen molar-refractivity contribution in [2.75, 3.05) is 33.4 Å². The van der Waals surface area contributed by atoms with Gasteiger partial charge >= 0.3 is 12.1 Å². The van der Waals surface area contributed by atoms with E-state index >= 15 is 0 Å². The molecule has 6 heteroatoms. The van der Waals surface area contributed by atoms with Crippen LogP contribution in [0.2, 0.25) is 0 Å². The smallest absolute Gasteiger partial charge is 0.410 e. The minimum absolute atomic E-state index is 0.0268. The van der Waals surface area contributed by atoms with Crippen LogP contribution in [0.1, 0.15) is 13.3 Å². The molecule has 0 heterocycles. The minimum atomic E-state index is -0.559. The Labute approximate surface area is 88.8 Å². The van der Waals surface area contributed by atoms with Gasteiger partial charge in [-0.2, -0.15) is 0 Å². The first-order valence-electron chi connectivity index (χ1n) is 4.76. The minimum Gasteiger partial charge on any atom is -0.464 e. The van der Waals surface area contributed by atoms with Crippen LogP contribution in [0.15, 0.2) is 0 Å². The molecule has 0 aromatic heterocycles. The number of carbonyl (C=O) groups excluding carboxylic acids is 2. The van der Waals surface area contributed by atoms with Crippen LogP contribution in [-0.2, 0) is 14.3 Å². The van der Waals surface area contributed by atoms with Crippen molar-refractivity contribution < 1.29 is 24.2 Å². The van der Waals surface area contributed by atoms with Crippen LogP contribution in [0.5, 0.6) is 0 Å². The average molecular weight is 219 g/mol. The number of likely N-dealkylation sites (N-methyl/N-ethyl adjacent to an activating group) is 1. The van der Waals surface area contributed by atoms with E-state index in [-0.39, 0.29) is 26.4 Å². The molecule has 1 amide bonds. The second-order valence-electron chi connectivity index (χ2n) is 2.85. The van der Waals surface area contributed by atoms with Gasteiger partial charge in [0.1, 0.15) is 6.54 Å². The Morgan fingerprint density at radius 2 is 2.00 bits per heavy atom. The van der Waals surface area contributed by atoms with Crippen LogP contribution in [0, 0.1) is 0 Å². The van der Waals surface area contributed by atoms with Gasteiger partial charge in [0, 0.05) is 20.1 Å². The maximum atomic E-state index is 11.1. The molecule has 0 spiro atoms. The Morgan fingerprint density at radius 1 is 1.33 bits per heavy atom. The second kappa shape index (κ2) is 8.05. The largest absolute Gasteiger partial charge is 0.464 e. The van der Waals surface area contributed by atoms with Gasteiger partial charge in [0.15, 0.2) is 0 Å². The summed E-state index contributed by atoms with van der Waals surface area (Å²) in [6, 6.07) is 0. The van der Waals surface area contributed by atoms with Crippen LogP contribution >= 0.6 is 0 Å². The number of esters is 1. The van der Waals surface area contributed by atoms with Crippen molar-refractivity contribution in [2.24, 2.45) is 0 Å². The van der Waals surface area contributed by atoms with Crippen molar-refractivity contribution in [3.05, 3.63) is 0 Å². The van der Waals surface area contributed by atoms with Crippen LogP contribution in [0.4, 0.5) is 4.79 Å². The Bertz CT molecular complexity index is 207. The number of carbonyl (C=O) groups is 2. The number of aliphatic hydroxyl groups is 1. The molecule has 6 nitrogen and oxygen atoms in total. The zero-order valence-corrected chi connectivity index (χ0v) is 9.06. The highest BCUT2D eigenvalue weighted by Crippen LogP contribution is 1.92. The lowest BCUT2D eigenvalue weighted by Gasteiger charge is -2.15. The number of ether oxygens (including phenoxy) is 2. The lowest BCUT2D eigenvalue weighted by Crippen LogP contribution is -2.33. The number of hydrogen-bond donors (Lipinski definition) is 1. The van der Waals surface area contributed by atoms with Crippen molar-refractivity contribution in [3.63, 3.8) is 0 Å². The summed E-state index contributed by atoms with van der Waals surface area (Å²) in [5.74, 6) is -0.515. The molecule has 0 unspecified atom stereocenters. The summed E-state index contributed by atoms with van der Waals surface area (Å²) < 4.78 is 9.40. The topological polar surface area (TPSA) is 76.1 Å². The van der Waals surface area contributed by atoms with Crippen LogP contribution in [0.25, 0.3) is 0 Å². The summed E-state index contributed by atoms with van der Waals surface area (Å²) >= 11 is 0. The summed E-state index contributed by atoms with van der Waals surface area (Å²) in [6.45, 7) is 1.94. The fourth-order valence-corrected chi connectivity index (χ4v) is 0.788. The monoisotopic (exact) mass is 219 g/mol. The Morgan fingerprint density at radius 3 is 2.53 bits per heavy atom. The molecule has 0 saturated heterocycles. The fourth-order valence-electron chi connectivity index (χ4n) is 0.788. The highest BCUT2D eigenvalue weighted by atomic mass is 16.6. The highest BCUT2D eigenvalue weighted by molar-refractivity contribution is 5.77. The average Bonchev–Trinajstić information content (AvgIpc) is 2.18. The van der Waals surface area contributed by atoms with E-state index in [2.05, 4.69) is 4.74 Å². The summed E-state index contributed by atoms with van der Waals surface area (Å²) in [5, 5.41) is 8.44. The first-order valence-corrected chi connectivity index (χ1v) is 4.76. The first-order chi connectivity index (χ1) is 7.11. The van der Waals surface area contributed by atoms with Crippen molar-refractivity contribution in [1.29, 1.82) is 0 Å². The highest BCUT2D eigenvalue weighted by Gasteiger charge is 2.13. The van der Waals surface area contributed by atoms with Gasteiger partial charge in [-0.25, -0.2) is 4.79 Å². The fraction of sp³-hybridized carbons (Fsp3) is 0.778. The van der Waals surface area contributed by atoms with Crippen molar-refractivity contribution in [3.8, 4) is 0 Å². The van der Waals surface area contributed by atoms with E-state index in [1.807, 2.05) is 0 Å². The summed E-state index contributed by atoms with van der Waals surface area (Å²) in [7, 11) is 1.45. The molecule has 0 bridgehead atoms. The SMILES string of the molecule is CCOC(=O)N(C)CC(=O)OCCCO. The molecule has 0 atom stereocenters. The number of aliphatic hydroxyl groups excluding tert-OH is 1. The van der Waals surface area contributed by atoms with Gasteiger partial charge in [-0.3, -0.25) is 4.79 Å². The van der Waals surface area contributed by atoms with Crippen molar-refractivity contribution >= 4 is 12.1 Å². The van der Waals surface area contributed by atoms with E-state index in [1.54, 1.807) is 6.92 Å². The Balaban J connectivity index is 3.70. The van der Waals surface area contributed by atoms with Crippen molar-refractivity contribution in [1.82, 2.24) is 4.90 Å². The van der Waals surface area contributed by atoms with Crippen LogP contribution in [-0.4, -0.2) is 55.5 Å². The van der Waals surface area contributed by atoms with Gasteiger partial charge < -0.3 is 19.5 Å². The number of rotatable bonds is 6. The maximum absolute atomic E-state index is 11.1. The molecule has 0 saturated carbocycles. The molecule has 0 radical (unpaired) electrons. The molecule has 15 heavy (non-hydrogen) atoms. The molecule has 88 valence electrons. The van der Waals surface area contributed by atoms with Gasteiger partial charge in [0.25, 0.3) is 0 Å². The van der Waals surface area contributed by atoms with Gasteiger partial charge in [0.2, 0.25) is 0 Å². The molecule has 0 aromatic rings. The maximum Gasteiger partial charge on any atom is 0.410 e. The third-order valence-corrected chi connectivity index (χ3v) is 1.51. The van der Waals surface area contributed by atoms with E-state index in [0.29, 0.717) is 6.42 Å². The molecule has 0 rings (SSSR count). The number of nitrogens with zero attached hydrogens (tertiary/aromatic N) is 1. The molecule has 0 aliphatic carbocycles. The Hall–Kier alpha value is -1.30. The zero-order chi connectivity index (χ0) is 11.7. The first kappa shape index (κ1) is 13.7. The van der Waals surface area contributed by atoms with Crippen molar-refractivity contribution in [2.45, 2.75) is 13.3 Å². The van der Waals surface area contributed by atoms with Gasteiger partial charge in [-0.05, 0) is 6.92 Å². The molecular formula is C9H17NO5. The molecule has 0 aliphatic rings. The molecule has 1 N–H and O–H groups in total. The zero-order valence-electron chi connectivity index (χ0n) is 9.06. The van der Waals surface area contributed by atoms with Gasteiger partial charge in [0.05, 0.1) is 13.2 Å². The second-order valence-corrected chi connectivity index (χ2v) is 2.85. The number of hydrogen-bond acceptors (Lipinski definition) is 5. The van der Waals surface area contributed by atoms with Crippen LogP contribution in [0.3, 0.4) is 0 Å². The summed E-state index contributed by atoms with van der Waals surface area (Å²) in [4.78, 5) is 23.3. The van der Waals surface area contributed by atoms with E-state index < -0.39 is 12.1 Å². The van der Waals surface area contributed by atoms with E-state index in [9.17, 15) is 9.59 Å². The molecule has 0 aromatic carbocycles. The third kappa shape index (κ3) is 6.73. The lowest BCUT2D eigenvalue weighted by atomic mass is 10.5. The lowest BCUT2D eigenvalue weighted by molar-refractivity contribution is -0.144. The van der Waals surface area contributed by atoms with Crippen LogP contribution < -0.4 is 0 Å². The summed E-state index contributed by atoms with van der Waals surface area (Å²) in [5.41, 5.74) is 0. The normalized spacial score (nSPS) is 9.53. The van der Waals surface area contributed by atoms with E-state index in [0.717, 1.165) is 4.90 Å². The predicted octanol–water partition coefficient (Wildman–Crippen LogP) is 0.000300. The third-order valence-electron chi connectivity index (χ3n) is 1.51. The molecule has 0 aliphatic heterocycles. The van der Waals surface area contributed by atoms with Gasteiger partial charge in [-0.1, -0.05) is 0 Å². The molecule has 0 fully saturated rings. The van der Waals surface area contributed by atoms with E-state index in [4.69, 9.17) is 9.84 Å². The number of amides is 1. The van der Waals surface area contributed by atoms with E-state index in [1.165, 1.54) is 7.05 Å².